The second-order valence-electron chi connectivity index (χ2n) is 4.07. The van der Waals surface area contributed by atoms with E-state index in [4.69, 9.17) is 11.1 Å². The monoisotopic (exact) mass is 154 g/mol. The third-order valence-corrected chi connectivity index (χ3v) is 2.68. The van der Waals surface area contributed by atoms with Crippen LogP contribution in [-0.4, -0.2) is 5.84 Å². The zero-order valence-electron chi connectivity index (χ0n) is 7.32. The van der Waals surface area contributed by atoms with Crippen LogP contribution in [0.2, 0.25) is 0 Å². The van der Waals surface area contributed by atoms with Crippen molar-refractivity contribution in [3.8, 4) is 0 Å². The van der Waals surface area contributed by atoms with Crippen LogP contribution < -0.4 is 5.73 Å². The summed E-state index contributed by atoms with van der Waals surface area (Å²) in [6, 6.07) is 0. The number of hydrogen-bond donors (Lipinski definition) is 2. The summed E-state index contributed by atoms with van der Waals surface area (Å²) in [4.78, 5) is 0. The largest absolute Gasteiger partial charge is 0.388 e. The number of hydrogen-bond acceptors (Lipinski definition) is 1. The summed E-state index contributed by atoms with van der Waals surface area (Å²) in [6.07, 6.45) is 7.33. The van der Waals surface area contributed by atoms with Gasteiger partial charge in [0.05, 0.1) is 5.84 Å². The zero-order valence-corrected chi connectivity index (χ0v) is 7.32. The Hall–Kier alpha value is -0.530. The van der Waals surface area contributed by atoms with Crippen molar-refractivity contribution in [1.82, 2.24) is 0 Å². The first kappa shape index (κ1) is 8.57. The maximum atomic E-state index is 7.23. The fourth-order valence-corrected chi connectivity index (χ4v) is 2.04. The van der Waals surface area contributed by atoms with Crippen molar-refractivity contribution >= 4 is 5.84 Å². The fraction of sp³-hybridized carbons (Fsp3) is 0.889. The molecule has 0 bridgehead atoms. The smallest absolute Gasteiger partial charge is 0.0910 e. The van der Waals surface area contributed by atoms with Crippen molar-refractivity contribution in [3.05, 3.63) is 0 Å². The van der Waals surface area contributed by atoms with E-state index in [9.17, 15) is 0 Å². The second kappa shape index (κ2) is 3.24. The molecular weight excluding hydrogens is 136 g/mol. The minimum atomic E-state index is 0.351. The third kappa shape index (κ3) is 2.52. The topological polar surface area (TPSA) is 49.9 Å². The molecular formula is C9H18N2. The maximum Gasteiger partial charge on any atom is 0.0910 e. The highest BCUT2D eigenvalue weighted by molar-refractivity contribution is 5.77. The van der Waals surface area contributed by atoms with Crippen LogP contribution in [0.4, 0.5) is 0 Å². The van der Waals surface area contributed by atoms with Crippen molar-refractivity contribution in [3.63, 3.8) is 0 Å². The van der Waals surface area contributed by atoms with Gasteiger partial charge in [-0.2, -0.15) is 0 Å². The normalized spacial score (nSPS) is 23.0. The van der Waals surface area contributed by atoms with Gasteiger partial charge in [-0.25, -0.2) is 0 Å². The van der Waals surface area contributed by atoms with Gasteiger partial charge in [0.25, 0.3) is 0 Å². The number of amidine groups is 1. The Morgan fingerprint density at radius 1 is 1.36 bits per heavy atom. The molecule has 0 unspecified atom stereocenters. The summed E-state index contributed by atoms with van der Waals surface area (Å²) < 4.78 is 0. The Morgan fingerprint density at radius 2 is 1.91 bits per heavy atom. The molecule has 2 nitrogen and oxygen atoms in total. The Balaban J connectivity index is 2.43. The first-order chi connectivity index (χ1) is 5.12. The van der Waals surface area contributed by atoms with Gasteiger partial charge in [-0.15, -0.1) is 0 Å². The van der Waals surface area contributed by atoms with Crippen LogP contribution in [0.15, 0.2) is 0 Å². The van der Waals surface area contributed by atoms with Gasteiger partial charge in [-0.3, -0.25) is 5.41 Å². The molecule has 2 heteroatoms. The number of nitrogens with one attached hydrogen (secondary N) is 1. The van der Waals surface area contributed by atoms with Crippen molar-refractivity contribution in [2.45, 2.75) is 45.4 Å². The van der Waals surface area contributed by atoms with Gasteiger partial charge in [0.1, 0.15) is 0 Å². The number of nitrogens with two attached hydrogens (primary N) is 1. The minimum absolute atomic E-state index is 0.351. The molecule has 0 aromatic carbocycles. The van der Waals surface area contributed by atoms with E-state index in [1.54, 1.807) is 0 Å². The first-order valence-corrected chi connectivity index (χ1v) is 4.45. The molecule has 0 saturated heterocycles. The molecule has 0 heterocycles. The molecule has 0 aromatic rings. The van der Waals surface area contributed by atoms with Gasteiger partial charge in [0.2, 0.25) is 0 Å². The van der Waals surface area contributed by atoms with E-state index in [2.05, 4.69) is 6.92 Å². The predicted octanol–water partition coefficient (Wildman–Crippen LogP) is 2.28. The van der Waals surface area contributed by atoms with Crippen LogP contribution in [0, 0.1) is 10.8 Å². The predicted molar refractivity (Wildman–Crippen MR) is 47.7 cm³/mol. The van der Waals surface area contributed by atoms with E-state index >= 15 is 0 Å². The quantitative estimate of drug-likeness (QED) is 0.465. The van der Waals surface area contributed by atoms with Crippen molar-refractivity contribution in [1.29, 1.82) is 5.41 Å². The molecule has 1 saturated carbocycles. The Morgan fingerprint density at radius 3 is 2.36 bits per heavy atom. The summed E-state index contributed by atoms with van der Waals surface area (Å²) in [5.74, 6) is 0.356. The highest BCUT2D eigenvalue weighted by Crippen LogP contribution is 2.38. The molecule has 0 radical (unpaired) electrons. The van der Waals surface area contributed by atoms with Gasteiger partial charge >= 0.3 is 0 Å². The van der Waals surface area contributed by atoms with E-state index in [1.165, 1.54) is 32.1 Å². The third-order valence-electron chi connectivity index (χ3n) is 2.68. The minimum Gasteiger partial charge on any atom is -0.388 e. The molecule has 1 aliphatic rings. The average molecular weight is 154 g/mol. The van der Waals surface area contributed by atoms with Crippen LogP contribution in [0.1, 0.15) is 45.4 Å². The zero-order chi connectivity index (χ0) is 8.32. The Bertz CT molecular complexity index is 146. The summed E-state index contributed by atoms with van der Waals surface area (Å²) in [5.41, 5.74) is 5.74. The Kier molecular flexibility index (Phi) is 2.53. The molecule has 0 atom stereocenters. The van der Waals surface area contributed by atoms with E-state index in [0.717, 1.165) is 6.42 Å². The second-order valence-corrected chi connectivity index (χ2v) is 4.07. The van der Waals surface area contributed by atoms with Crippen LogP contribution in [-0.2, 0) is 0 Å². The molecule has 1 rings (SSSR count). The van der Waals surface area contributed by atoms with Crippen LogP contribution >= 0.6 is 0 Å². The number of rotatable bonds is 2. The lowest BCUT2D eigenvalue weighted by molar-refractivity contribution is 0.225. The van der Waals surface area contributed by atoms with Crippen LogP contribution in [0.3, 0.4) is 0 Å². The van der Waals surface area contributed by atoms with Crippen LogP contribution in [0.5, 0.6) is 0 Å². The highest BCUT2D eigenvalue weighted by atomic mass is 14.7. The lowest BCUT2D eigenvalue weighted by Gasteiger charge is -2.32. The van der Waals surface area contributed by atoms with Crippen molar-refractivity contribution < 1.29 is 0 Å². The molecule has 0 aromatic heterocycles. The standard InChI is InChI=1S/C9H18N2/c1-9(7-8(10)11)5-3-2-4-6-9/h2-7H2,1H3,(H3,10,11). The van der Waals surface area contributed by atoms with E-state index in [1.807, 2.05) is 0 Å². The van der Waals surface area contributed by atoms with Gasteiger partial charge in [0.15, 0.2) is 0 Å². The van der Waals surface area contributed by atoms with Gasteiger partial charge < -0.3 is 5.73 Å². The summed E-state index contributed by atoms with van der Waals surface area (Å²) >= 11 is 0. The molecule has 11 heavy (non-hydrogen) atoms. The van der Waals surface area contributed by atoms with Crippen LogP contribution in [0.25, 0.3) is 0 Å². The van der Waals surface area contributed by atoms with Gasteiger partial charge in [-0.1, -0.05) is 26.2 Å². The van der Waals surface area contributed by atoms with E-state index in [-0.39, 0.29) is 0 Å². The van der Waals surface area contributed by atoms with E-state index < -0.39 is 0 Å². The highest BCUT2D eigenvalue weighted by Gasteiger charge is 2.27. The lowest BCUT2D eigenvalue weighted by atomic mass is 9.73. The molecule has 0 amide bonds. The summed E-state index contributed by atoms with van der Waals surface area (Å²) in [7, 11) is 0. The van der Waals surface area contributed by atoms with Gasteiger partial charge in [-0.05, 0) is 18.3 Å². The summed E-state index contributed by atoms with van der Waals surface area (Å²) in [5, 5.41) is 7.23. The maximum absolute atomic E-state index is 7.23. The molecule has 1 fully saturated rings. The average Bonchev–Trinajstić information content (AvgIpc) is 1.85. The molecule has 64 valence electrons. The fourth-order valence-electron chi connectivity index (χ4n) is 2.04. The lowest BCUT2D eigenvalue weighted by Crippen LogP contribution is -2.26. The first-order valence-electron chi connectivity index (χ1n) is 4.45. The Labute approximate surface area is 68.7 Å². The van der Waals surface area contributed by atoms with E-state index in [0.29, 0.717) is 11.3 Å². The molecule has 3 N–H and O–H groups in total. The molecule has 1 aliphatic carbocycles. The van der Waals surface area contributed by atoms with Gasteiger partial charge in [0, 0.05) is 6.42 Å². The van der Waals surface area contributed by atoms with Crippen molar-refractivity contribution in [2.24, 2.45) is 11.1 Å². The summed E-state index contributed by atoms with van der Waals surface area (Å²) in [6.45, 7) is 2.26. The molecule has 0 aliphatic heterocycles. The SMILES string of the molecule is CC1(CC(=N)N)CCCCC1. The molecule has 0 spiro atoms. The van der Waals surface area contributed by atoms with Crippen molar-refractivity contribution in [2.75, 3.05) is 0 Å².